The van der Waals surface area contributed by atoms with Crippen molar-refractivity contribution >= 4 is 17.0 Å². The molecule has 0 fully saturated rings. The molecule has 98 valence electrons. The van der Waals surface area contributed by atoms with Gasteiger partial charge in [-0.15, -0.1) is 0 Å². The van der Waals surface area contributed by atoms with Crippen molar-refractivity contribution in [2.75, 3.05) is 6.61 Å². The Labute approximate surface area is 106 Å². The molecule has 0 saturated carbocycles. The van der Waals surface area contributed by atoms with Crippen LogP contribution in [0.2, 0.25) is 0 Å². The fourth-order valence-electron chi connectivity index (χ4n) is 2.09. The number of rotatable bonds is 3. The Morgan fingerprint density at radius 3 is 2.39 bits per heavy atom. The summed E-state index contributed by atoms with van der Waals surface area (Å²) in [4.78, 5) is 11.9. The van der Waals surface area contributed by atoms with E-state index < -0.39 is 5.97 Å². The van der Waals surface area contributed by atoms with Gasteiger partial charge in [0.1, 0.15) is 11.0 Å². The summed E-state index contributed by atoms with van der Waals surface area (Å²) >= 11 is 0. The maximum Gasteiger partial charge on any atom is 0.361 e. The van der Waals surface area contributed by atoms with Crippen LogP contribution in [0.1, 0.15) is 42.9 Å². The zero-order valence-corrected chi connectivity index (χ0v) is 11.4. The minimum Gasteiger partial charge on any atom is -0.461 e. The number of hydrogen-bond acceptors (Lipinski definition) is 4. The van der Waals surface area contributed by atoms with Gasteiger partial charge < -0.3 is 4.74 Å². The second-order valence-corrected chi connectivity index (χ2v) is 4.55. The highest BCUT2D eigenvalue weighted by atomic mass is 16.5. The van der Waals surface area contributed by atoms with Gasteiger partial charge in [0, 0.05) is 14.1 Å². The fraction of sp³-hybridized carbons (Fsp3) is 0.583. The Hall–Kier alpha value is -1.85. The quantitative estimate of drug-likeness (QED) is 0.776. The maximum absolute atomic E-state index is 11.9. The van der Waals surface area contributed by atoms with E-state index in [2.05, 4.69) is 24.0 Å². The van der Waals surface area contributed by atoms with Gasteiger partial charge in [0.05, 0.1) is 12.3 Å². The second-order valence-electron chi connectivity index (χ2n) is 4.55. The zero-order chi connectivity index (χ0) is 13.4. The number of esters is 1. The molecular formula is C12H18N4O2. The van der Waals surface area contributed by atoms with Gasteiger partial charge in [0.25, 0.3) is 0 Å². The van der Waals surface area contributed by atoms with Crippen molar-refractivity contribution in [1.29, 1.82) is 0 Å². The van der Waals surface area contributed by atoms with Crippen molar-refractivity contribution in [3.8, 4) is 0 Å². The van der Waals surface area contributed by atoms with Crippen molar-refractivity contribution in [1.82, 2.24) is 19.6 Å². The molecule has 0 N–H and O–H groups in total. The molecule has 0 amide bonds. The first-order valence-electron chi connectivity index (χ1n) is 6.04. The molecule has 2 aromatic heterocycles. The molecule has 0 aliphatic heterocycles. The van der Waals surface area contributed by atoms with Crippen LogP contribution in [0.25, 0.3) is 11.0 Å². The Balaban J connectivity index is 2.68. The van der Waals surface area contributed by atoms with Gasteiger partial charge in [0.2, 0.25) is 0 Å². The van der Waals surface area contributed by atoms with Crippen molar-refractivity contribution in [3.63, 3.8) is 0 Å². The summed E-state index contributed by atoms with van der Waals surface area (Å²) in [5.41, 5.74) is 2.91. The summed E-state index contributed by atoms with van der Waals surface area (Å²) in [7, 11) is 3.64. The van der Waals surface area contributed by atoms with Gasteiger partial charge in [-0.3, -0.25) is 9.36 Å². The second kappa shape index (κ2) is 4.44. The lowest BCUT2D eigenvalue weighted by Crippen LogP contribution is -2.08. The van der Waals surface area contributed by atoms with Crippen LogP contribution < -0.4 is 0 Å². The third-order valence-electron chi connectivity index (χ3n) is 2.86. The van der Waals surface area contributed by atoms with Gasteiger partial charge in [-0.05, 0) is 12.8 Å². The molecule has 18 heavy (non-hydrogen) atoms. The van der Waals surface area contributed by atoms with E-state index in [9.17, 15) is 4.79 Å². The number of nitrogens with zero attached hydrogens (tertiary/aromatic N) is 4. The maximum atomic E-state index is 11.9. The Bertz CT molecular complexity index is 595. The van der Waals surface area contributed by atoms with E-state index in [1.165, 1.54) is 0 Å². The van der Waals surface area contributed by atoms with Crippen molar-refractivity contribution in [2.45, 2.75) is 26.7 Å². The fourth-order valence-corrected chi connectivity index (χ4v) is 2.09. The first-order valence-corrected chi connectivity index (χ1v) is 6.04. The summed E-state index contributed by atoms with van der Waals surface area (Å²) in [6, 6.07) is 0. The largest absolute Gasteiger partial charge is 0.461 e. The molecule has 2 heterocycles. The number of aromatic nitrogens is 4. The van der Waals surface area contributed by atoms with Crippen LogP contribution in [-0.2, 0) is 18.8 Å². The highest BCUT2D eigenvalue weighted by molar-refractivity contribution is 6.01. The van der Waals surface area contributed by atoms with Crippen molar-refractivity contribution < 1.29 is 9.53 Å². The van der Waals surface area contributed by atoms with Gasteiger partial charge in [0.15, 0.2) is 5.69 Å². The number of carbonyl (C=O) groups is 1. The summed E-state index contributed by atoms with van der Waals surface area (Å²) < 4.78 is 8.41. The topological polar surface area (TPSA) is 61.9 Å². The molecule has 0 spiro atoms. The van der Waals surface area contributed by atoms with Crippen LogP contribution in [0.4, 0.5) is 0 Å². The van der Waals surface area contributed by atoms with E-state index >= 15 is 0 Å². The normalized spacial score (nSPS) is 11.4. The van der Waals surface area contributed by atoms with Gasteiger partial charge in [-0.25, -0.2) is 4.79 Å². The average molecular weight is 250 g/mol. The summed E-state index contributed by atoms with van der Waals surface area (Å²) in [5, 5.41) is 8.71. The first-order chi connectivity index (χ1) is 8.47. The lowest BCUT2D eigenvalue weighted by molar-refractivity contribution is 0.0520. The van der Waals surface area contributed by atoms with E-state index in [4.69, 9.17) is 4.74 Å². The van der Waals surface area contributed by atoms with Crippen LogP contribution in [0.3, 0.4) is 0 Å². The molecule has 0 unspecified atom stereocenters. The Morgan fingerprint density at radius 1 is 1.22 bits per heavy atom. The number of carbonyl (C=O) groups excluding carboxylic acids is 1. The molecule has 0 aliphatic rings. The van der Waals surface area contributed by atoms with Crippen LogP contribution in [0.15, 0.2) is 0 Å². The summed E-state index contributed by atoms with van der Waals surface area (Å²) in [6.45, 7) is 6.25. The smallest absolute Gasteiger partial charge is 0.361 e. The minimum absolute atomic E-state index is 0.277. The standard InChI is InChI=1S/C12H18N4O2/c1-6-18-12(17)9-11-10(15(4)14-9)8(7(2)3)13-16(11)5/h7H,6H2,1-5H3. The van der Waals surface area contributed by atoms with Crippen LogP contribution >= 0.6 is 0 Å². The molecule has 0 bridgehead atoms. The number of hydrogen-bond donors (Lipinski definition) is 0. The van der Waals surface area contributed by atoms with E-state index in [1.807, 2.05) is 14.1 Å². The number of aryl methyl sites for hydroxylation is 2. The molecule has 0 aliphatic carbocycles. The van der Waals surface area contributed by atoms with E-state index in [0.717, 1.165) is 16.7 Å². The molecule has 0 aromatic carbocycles. The van der Waals surface area contributed by atoms with Gasteiger partial charge in [-0.1, -0.05) is 13.8 Å². The van der Waals surface area contributed by atoms with E-state index in [0.29, 0.717) is 12.3 Å². The SMILES string of the molecule is CCOC(=O)c1nn(C)c2c(C(C)C)nn(C)c12. The van der Waals surface area contributed by atoms with Gasteiger partial charge in [-0.2, -0.15) is 10.2 Å². The van der Waals surface area contributed by atoms with Crippen LogP contribution in [-0.4, -0.2) is 32.1 Å². The molecule has 2 aromatic rings. The lowest BCUT2D eigenvalue weighted by atomic mass is 10.1. The molecule has 6 heteroatoms. The first kappa shape index (κ1) is 12.6. The monoisotopic (exact) mass is 250 g/mol. The highest BCUT2D eigenvalue weighted by Crippen LogP contribution is 2.26. The summed E-state index contributed by atoms with van der Waals surface area (Å²) in [6.07, 6.45) is 0. The molecule has 2 rings (SSSR count). The Kier molecular flexibility index (Phi) is 3.11. The molecule has 0 saturated heterocycles. The van der Waals surface area contributed by atoms with Crippen molar-refractivity contribution in [2.24, 2.45) is 14.1 Å². The Morgan fingerprint density at radius 2 is 1.83 bits per heavy atom. The molecule has 0 radical (unpaired) electrons. The predicted octanol–water partition coefficient (Wildman–Crippen LogP) is 1.61. The molecule has 0 atom stereocenters. The highest BCUT2D eigenvalue weighted by Gasteiger charge is 2.24. The molecular weight excluding hydrogens is 232 g/mol. The number of fused-ring (bicyclic) bond motifs is 1. The lowest BCUT2D eigenvalue weighted by Gasteiger charge is -2.00. The van der Waals surface area contributed by atoms with E-state index in [1.54, 1.807) is 16.3 Å². The minimum atomic E-state index is -0.401. The molecule has 6 nitrogen and oxygen atoms in total. The number of ether oxygens (including phenoxy) is 1. The van der Waals surface area contributed by atoms with Crippen LogP contribution in [0, 0.1) is 0 Å². The van der Waals surface area contributed by atoms with Crippen molar-refractivity contribution in [3.05, 3.63) is 11.4 Å². The zero-order valence-electron chi connectivity index (χ0n) is 11.4. The average Bonchev–Trinajstić information content (AvgIpc) is 2.80. The van der Waals surface area contributed by atoms with E-state index in [-0.39, 0.29) is 5.92 Å². The third kappa shape index (κ3) is 1.77. The van der Waals surface area contributed by atoms with Crippen LogP contribution in [0.5, 0.6) is 0 Å². The van der Waals surface area contributed by atoms with Gasteiger partial charge >= 0.3 is 5.97 Å². The third-order valence-corrected chi connectivity index (χ3v) is 2.86. The predicted molar refractivity (Wildman–Crippen MR) is 67.5 cm³/mol. The summed E-state index contributed by atoms with van der Waals surface area (Å²) in [5.74, 6) is -0.124.